The van der Waals surface area contributed by atoms with Crippen molar-refractivity contribution in [1.82, 2.24) is 4.90 Å². The number of benzene rings is 2. The molecule has 1 heterocycles. The Morgan fingerprint density at radius 2 is 1.72 bits per heavy atom. The van der Waals surface area contributed by atoms with E-state index in [-0.39, 0.29) is 6.54 Å². The van der Waals surface area contributed by atoms with Crippen molar-refractivity contribution < 1.29 is 21.6 Å². The monoisotopic (exact) mass is 429 g/mol. The summed E-state index contributed by atoms with van der Waals surface area (Å²) in [7, 11) is -4.15. The van der Waals surface area contributed by atoms with Crippen LogP contribution < -0.4 is 10.5 Å². The number of alkyl halides is 1. The molecule has 3 N–H and O–H groups in total. The minimum Gasteiger partial charge on any atom is -0.380 e. The molecule has 1 fully saturated rings. The van der Waals surface area contributed by atoms with Crippen molar-refractivity contribution in [3.8, 4) is 0 Å². The highest BCUT2D eigenvalue weighted by molar-refractivity contribution is 7.89. The van der Waals surface area contributed by atoms with Crippen LogP contribution in [0.1, 0.15) is 18.9 Å². The number of nitrogens with two attached hydrogens (primary N) is 1. The number of halogens is 3. The van der Waals surface area contributed by atoms with Crippen molar-refractivity contribution in [2.45, 2.75) is 30.8 Å². The number of sulfonamides is 1. The number of nitrogens with one attached hydrogen (secondary N) is 1. The van der Waals surface area contributed by atoms with Gasteiger partial charge in [-0.1, -0.05) is 37.3 Å². The van der Waals surface area contributed by atoms with Gasteiger partial charge >= 0.3 is 0 Å². The normalized spacial score (nSPS) is 14.7. The van der Waals surface area contributed by atoms with Crippen LogP contribution in [0.15, 0.2) is 47.4 Å². The van der Waals surface area contributed by atoms with E-state index < -0.39 is 38.4 Å². The fraction of sp³-hybridized carbons (Fsp3) is 0.400. The average molecular weight is 430 g/mol. The first kappa shape index (κ1) is 23.2. The highest BCUT2D eigenvalue weighted by Crippen LogP contribution is 2.22. The lowest BCUT2D eigenvalue weighted by molar-refractivity contribution is 0.0657. The molecule has 0 amide bonds. The van der Waals surface area contributed by atoms with E-state index in [1.807, 2.05) is 11.0 Å². The first-order chi connectivity index (χ1) is 13.7. The van der Waals surface area contributed by atoms with Crippen LogP contribution in [0, 0.1) is 11.6 Å². The van der Waals surface area contributed by atoms with Gasteiger partial charge in [0.05, 0.1) is 4.90 Å². The number of nitrogens with zero attached hydrogens (tertiary/aromatic N) is 1. The zero-order valence-electron chi connectivity index (χ0n) is 16.2. The van der Waals surface area contributed by atoms with Crippen molar-refractivity contribution in [1.29, 1.82) is 0 Å². The van der Waals surface area contributed by atoms with Crippen molar-refractivity contribution in [3.05, 3.63) is 59.7 Å². The van der Waals surface area contributed by atoms with Gasteiger partial charge in [0.2, 0.25) is 10.0 Å². The lowest BCUT2D eigenvalue weighted by atomic mass is 10.2. The van der Waals surface area contributed by atoms with E-state index >= 15 is 0 Å². The summed E-state index contributed by atoms with van der Waals surface area (Å²) in [5, 5.41) is 7.38. The molecule has 160 valence electrons. The van der Waals surface area contributed by atoms with Crippen LogP contribution in [0.2, 0.25) is 0 Å². The van der Waals surface area contributed by atoms with Crippen LogP contribution in [0.25, 0.3) is 0 Å². The summed E-state index contributed by atoms with van der Waals surface area (Å²) in [6.07, 6.45) is 0.947. The Hall–Kier alpha value is -2.10. The van der Waals surface area contributed by atoms with E-state index in [1.165, 1.54) is 5.56 Å². The Balaban J connectivity index is 0.000000313. The van der Waals surface area contributed by atoms with Crippen LogP contribution in [0.4, 0.5) is 18.9 Å². The maximum atomic E-state index is 13.7. The predicted octanol–water partition coefficient (Wildman–Crippen LogP) is 3.32. The molecule has 1 aliphatic heterocycles. The minimum absolute atomic E-state index is 0.288. The number of rotatable bonds is 7. The third-order valence-corrected chi connectivity index (χ3v) is 5.35. The molecule has 2 aromatic rings. The maximum Gasteiger partial charge on any atom is 0.238 e. The smallest absolute Gasteiger partial charge is 0.238 e. The SMILES string of the molecule is CCc1ccccc1.NS(=O)(=O)c1cc(F)c(NCCCN2CC(F)C2)c(F)c1. The van der Waals surface area contributed by atoms with Gasteiger partial charge in [-0.3, -0.25) is 4.90 Å². The minimum atomic E-state index is -4.15. The molecular weight excluding hydrogens is 403 g/mol. The molecule has 2 aromatic carbocycles. The van der Waals surface area contributed by atoms with E-state index in [2.05, 4.69) is 36.5 Å². The van der Waals surface area contributed by atoms with Crippen molar-refractivity contribution in [3.63, 3.8) is 0 Å². The van der Waals surface area contributed by atoms with Gasteiger partial charge in [-0.05, 0) is 30.5 Å². The summed E-state index contributed by atoms with van der Waals surface area (Å²) in [6, 6.07) is 11.8. The summed E-state index contributed by atoms with van der Waals surface area (Å²) >= 11 is 0. The van der Waals surface area contributed by atoms with E-state index in [1.54, 1.807) is 0 Å². The van der Waals surface area contributed by atoms with E-state index in [0.29, 0.717) is 38.2 Å². The van der Waals surface area contributed by atoms with E-state index in [0.717, 1.165) is 6.42 Å². The predicted molar refractivity (Wildman–Crippen MR) is 108 cm³/mol. The summed E-state index contributed by atoms with van der Waals surface area (Å²) in [5.41, 5.74) is 1.02. The molecule has 29 heavy (non-hydrogen) atoms. The molecular formula is C20H26F3N3O2S. The largest absolute Gasteiger partial charge is 0.380 e. The fourth-order valence-corrected chi connectivity index (χ4v) is 3.34. The third kappa shape index (κ3) is 7.34. The number of hydrogen-bond acceptors (Lipinski definition) is 4. The number of likely N-dealkylation sites (tertiary alicyclic amines) is 1. The van der Waals surface area contributed by atoms with Gasteiger partial charge in [-0.15, -0.1) is 0 Å². The van der Waals surface area contributed by atoms with Gasteiger partial charge in [0, 0.05) is 26.2 Å². The van der Waals surface area contributed by atoms with Crippen molar-refractivity contribution >= 4 is 15.7 Å². The zero-order chi connectivity index (χ0) is 21.4. The molecule has 0 aromatic heterocycles. The van der Waals surface area contributed by atoms with Gasteiger partial charge in [0.15, 0.2) is 11.6 Å². The summed E-state index contributed by atoms with van der Waals surface area (Å²) in [5.74, 6) is -2.04. The maximum absolute atomic E-state index is 13.7. The fourth-order valence-electron chi connectivity index (χ4n) is 2.80. The molecule has 1 aliphatic rings. The Kier molecular flexibility index (Phi) is 8.48. The quantitative estimate of drug-likeness (QED) is 0.662. The van der Waals surface area contributed by atoms with Crippen molar-refractivity contribution in [2.75, 3.05) is 31.5 Å². The number of aryl methyl sites for hydroxylation is 1. The Bertz CT molecular complexity index is 866. The van der Waals surface area contributed by atoms with Crippen LogP contribution in [0.3, 0.4) is 0 Å². The van der Waals surface area contributed by atoms with Crippen molar-refractivity contribution in [2.24, 2.45) is 5.14 Å². The Morgan fingerprint density at radius 1 is 1.14 bits per heavy atom. The molecule has 0 spiro atoms. The molecule has 0 saturated carbocycles. The summed E-state index contributed by atoms with van der Waals surface area (Å²) in [6.45, 7) is 3.87. The Morgan fingerprint density at radius 3 is 2.17 bits per heavy atom. The molecule has 9 heteroatoms. The summed E-state index contributed by atoms with van der Waals surface area (Å²) in [4.78, 5) is 1.28. The average Bonchev–Trinajstić information content (AvgIpc) is 2.65. The second-order valence-corrected chi connectivity index (χ2v) is 8.34. The highest BCUT2D eigenvalue weighted by Gasteiger charge is 2.25. The molecule has 5 nitrogen and oxygen atoms in total. The van der Waals surface area contributed by atoms with Crippen LogP contribution >= 0.6 is 0 Å². The van der Waals surface area contributed by atoms with Gasteiger partial charge < -0.3 is 5.32 Å². The lowest BCUT2D eigenvalue weighted by Crippen LogP contribution is -2.48. The molecule has 3 rings (SSSR count). The molecule has 0 radical (unpaired) electrons. The number of primary sulfonamides is 1. The third-order valence-electron chi connectivity index (χ3n) is 4.46. The first-order valence-electron chi connectivity index (χ1n) is 9.36. The molecule has 0 aliphatic carbocycles. The van der Waals surface area contributed by atoms with Crippen LogP contribution in [-0.2, 0) is 16.4 Å². The standard InChI is InChI=1S/C12H16F3N3O2S.C8H10/c13-8-6-18(7-8)3-1-2-17-12-10(14)4-9(5-11(12)15)21(16,19)20;1-2-8-6-4-3-5-7-8/h4-5,8,17H,1-3,6-7H2,(H2,16,19,20);3-7H,2H2,1H3. The van der Waals surface area contributed by atoms with Gasteiger partial charge in [0.25, 0.3) is 0 Å². The second-order valence-electron chi connectivity index (χ2n) is 6.78. The van der Waals surface area contributed by atoms with E-state index in [9.17, 15) is 21.6 Å². The Labute approximate surface area is 169 Å². The lowest BCUT2D eigenvalue weighted by Gasteiger charge is -2.34. The van der Waals surface area contributed by atoms with Gasteiger partial charge in [-0.2, -0.15) is 0 Å². The second kappa shape index (κ2) is 10.6. The van der Waals surface area contributed by atoms with E-state index in [4.69, 9.17) is 5.14 Å². The molecule has 1 saturated heterocycles. The van der Waals surface area contributed by atoms with Gasteiger partial charge in [0.1, 0.15) is 11.9 Å². The van der Waals surface area contributed by atoms with Gasteiger partial charge in [-0.25, -0.2) is 26.7 Å². The number of anilines is 1. The molecule has 0 unspecified atom stereocenters. The van der Waals surface area contributed by atoms with Crippen LogP contribution in [0.5, 0.6) is 0 Å². The summed E-state index contributed by atoms with van der Waals surface area (Å²) < 4.78 is 62.0. The number of hydrogen-bond donors (Lipinski definition) is 2. The zero-order valence-corrected chi connectivity index (χ0v) is 17.1. The molecule has 0 bridgehead atoms. The van der Waals surface area contributed by atoms with Crippen LogP contribution in [-0.4, -0.2) is 45.7 Å². The molecule has 0 atom stereocenters. The highest BCUT2D eigenvalue weighted by atomic mass is 32.2. The topological polar surface area (TPSA) is 75.4 Å². The first-order valence-corrected chi connectivity index (χ1v) is 10.9.